The Hall–Kier alpha value is -0.200. The van der Waals surface area contributed by atoms with Gasteiger partial charge in [0.2, 0.25) is 0 Å². The zero-order valence-corrected chi connectivity index (χ0v) is 16.6. The summed E-state index contributed by atoms with van der Waals surface area (Å²) in [6.07, 6.45) is 12.0. The van der Waals surface area contributed by atoms with E-state index in [0.29, 0.717) is 0 Å². The first kappa shape index (κ1) is 23.8. The Bertz CT molecular complexity index is 237. The highest BCUT2D eigenvalue weighted by Gasteiger charge is 2.39. The second-order valence-corrected chi connectivity index (χ2v) is 6.50. The third-order valence-electron chi connectivity index (χ3n) is 4.72. The minimum Gasteiger partial charge on any atom is -0.331 e. The fourth-order valence-corrected chi connectivity index (χ4v) is 3.24. The van der Waals surface area contributed by atoms with Gasteiger partial charge in [-0.05, 0) is 45.3 Å². The molecular weight excluding hydrogens is 304 g/mol. The lowest BCUT2D eigenvalue weighted by Crippen LogP contribution is -2.44. The summed E-state index contributed by atoms with van der Waals surface area (Å²) in [4.78, 5) is 0. The first-order valence-corrected chi connectivity index (χ1v) is 9.76. The molecule has 0 saturated heterocycles. The van der Waals surface area contributed by atoms with E-state index >= 15 is 0 Å². The highest BCUT2D eigenvalue weighted by Crippen LogP contribution is 2.32. The molecule has 0 aromatic carbocycles. The second-order valence-electron chi connectivity index (χ2n) is 6.50. The summed E-state index contributed by atoms with van der Waals surface area (Å²) < 4.78 is 16.8. The largest absolute Gasteiger partial charge is 0.331 e. The number of ether oxygens (including phenoxy) is 3. The van der Waals surface area contributed by atoms with Gasteiger partial charge in [-0.1, -0.05) is 45.4 Å². The van der Waals surface area contributed by atoms with Crippen molar-refractivity contribution >= 4 is 0 Å². The van der Waals surface area contributed by atoms with Gasteiger partial charge in [-0.3, -0.25) is 0 Å². The van der Waals surface area contributed by atoms with Crippen LogP contribution in [0.2, 0.25) is 0 Å². The van der Waals surface area contributed by atoms with Gasteiger partial charge in [-0.15, -0.1) is 0 Å². The average Bonchev–Trinajstić information content (AvgIpc) is 2.62. The van der Waals surface area contributed by atoms with Crippen LogP contribution in [0, 0.1) is 5.92 Å². The molecule has 0 saturated carbocycles. The molecule has 146 valence electrons. The van der Waals surface area contributed by atoms with Gasteiger partial charge in [-0.25, -0.2) is 0 Å². The summed E-state index contributed by atoms with van der Waals surface area (Å²) in [6, 6.07) is 0. The quantitative estimate of drug-likeness (QED) is 0.293. The van der Waals surface area contributed by atoms with Crippen LogP contribution in [-0.4, -0.2) is 46.9 Å². The van der Waals surface area contributed by atoms with Gasteiger partial charge in [0.1, 0.15) is 0 Å². The average molecular weight is 347 g/mol. The zero-order valence-electron chi connectivity index (χ0n) is 16.6. The maximum absolute atomic E-state index is 5.61. The molecule has 0 aliphatic heterocycles. The van der Waals surface area contributed by atoms with Gasteiger partial charge in [0, 0.05) is 27.2 Å². The van der Waals surface area contributed by atoms with Crippen molar-refractivity contribution in [2.45, 2.75) is 77.1 Å². The molecule has 0 spiro atoms. The van der Waals surface area contributed by atoms with Crippen LogP contribution in [0.4, 0.5) is 0 Å². The number of methoxy groups -OCH3 is 3. The van der Waals surface area contributed by atoms with Gasteiger partial charge < -0.3 is 25.3 Å². The molecule has 0 aliphatic rings. The van der Waals surface area contributed by atoms with E-state index in [-0.39, 0.29) is 5.92 Å². The second kappa shape index (κ2) is 16.3. The topological polar surface area (TPSA) is 65.7 Å². The van der Waals surface area contributed by atoms with Crippen LogP contribution >= 0.6 is 0 Å². The Labute approximate surface area is 150 Å². The van der Waals surface area contributed by atoms with Crippen LogP contribution < -0.4 is 11.1 Å². The lowest BCUT2D eigenvalue weighted by Gasteiger charge is -2.36. The fraction of sp³-hybridized carbons (Fsp3) is 1.00. The molecule has 0 aliphatic carbocycles. The van der Waals surface area contributed by atoms with Gasteiger partial charge in [-0.2, -0.15) is 0 Å². The Morgan fingerprint density at radius 1 is 0.792 bits per heavy atom. The molecule has 0 heterocycles. The molecule has 24 heavy (non-hydrogen) atoms. The number of rotatable bonds is 18. The van der Waals surface area contributed by atoms with Crippen molar-refractivity contribution in [1.29, 1.82) is 0 Å². The maximum atomic E-state index is 5.61. The maximum Gasteiger partial charge on any atom is 0.285 e. The van der Waals surface area contributed by atoms with Crippen molar-refractivity contribution in [2.75, 3.05) is 41.0 Å². The minimum atomic E-state index is -0.916. The van der Waals surface area contributed by atoms with Crippen molar-refractivity contribution in [2.24, 2.45) is 11.7 Å². The summed E-state index contributed by atoms with van der Waals surface area (Å²) in [5, 5.41) is 3.44. The fourth-order valence-electron chi connectivity index (χ4n) is 3.24. The molecule has 0 aromatic rings. The third kappa shape index (κ3) is 9.94. The van der Waals surface area contributed by atoms with Crippen LogP contribution in [0.25, 0.3) is 0 Å². The molecule has 0 amide bonds. The highest BCUT2D eigenvalue weighted by atomic mass is 16.9. The molecule has 0 radical (unpaired) electrons. The first-order valence-electron chi connectivity index (χ1n) is 9.76. The van der Waals surface area contributed by atoms with Crippen molar-refractivity contribution in [1.82, 2.24) is 5.32 Å². The summed E-state index contributed by atoms with van der Waals surface area (Å²) in [5.41, 5.74) is 5.51. The van der Waals surface area contributed by atoms with Crippen LogP contribution in [0.5, 0.6) is 0 Å². The zero-order chi connectivity index (χ0) is 18.1. The molecule has 3 N–H and O–H groups in total. The van der Waals surface area contributed by atoms with E-state index in [0.717, 1.165) is 45.3 Å². The van der Waals surface area contributed by atoms with Crippen molar-refractivity contribution in [3.8, 4) is 0 Å². The van der Waals surface area contributed by atoms with Crippen LogP contribution in [-0.2, 0) is 14.2 Å². The Morgan fingerprint density at radius 2 is 1.33 bits per heavy atom. The normalized spacial score (nSPS) is 13.4. The van der Waals surface area contributed by atoms with E-state index in [1.54, 1.807) is 21.3 Å². The van der Waals surface area contributed by atoms with Crippen molar-refractivity contribution in [3.05, 3.63) is 0 Å². The predicted molar refractivity (Wildman–Crippen MR) is 101 cm³/mol. The molecule has 1 atom stereocenters. The summed E-state index contributed by atoms with van der Waals surface area (Å²) in [7, 11) is 5.00. The smallest absolute Gasteiger partial charge is 0.285 e. The van der Waals surface area contributed by atoms with E-state index in [1.165, 1.54) is 38.5 Å². The van der Waals surface area contributed by atoms with Gasteiger partial charge in [0.05, 0.1) is 0 Å². The molecule has 0 fully saturated rings. The monoisotopic (exact) mass is 346 g/mol. The van der Waals surface area contributed by atoms with E-state index in [4.69, 9.17) is 19.9 Å². The SMILES string of the molecule is CCCCCCCCC(CCCNCCCN)C(OC)(OC)OC. The predicted octanol–water partition coefficient (Wildman–Crippen LogP) is 3.66. The van der Waals surface area contributed by atoms with Crippen LogP contribution in [0.3, 0.4) is 0 Å². The molecule has 0 aromatic heterocycles. The van der Waals surface area contributed by atoms with Crippen molar-refractivity contribution in [3.63, 3.8) is 0 Å². The number of hydrogen-bond acceptors (Lipinski definition) is 5. The van der Waals surface area contributed by atoms with Crippen molar-refractivity contribution < 1.29 is 14.2 Å². The number of unbranched alkanes of at least 4 members (excludes halogenated alkanes) is 5. The highest BCUT2D eigenvalue weighted by molar-refractivity contribution is 4.72. The minimum absolute atomic E-state index is 0.250. The van der Waals surface area contributed by atoms with E-state index in [1.807, 2.05) is 0 Å². The summed E-state index contributed by atoms with van der Waals surface area (Å²) >= 11 is 0. The molecular formula is C19H42N2O3. The number of hydrogen-bond donors (Lipinski definition) is 2. The van der Waals surface area contributed by atoms with Gasteiger partial charge in [0.15, 0.2) is 0 Å². The first-order chi connectivity index (χ1) is 11.7. The molecule has 5 heteroatoms. The van der Waals surface area contributed by atoms with E-state index in [9.17, 15) is 0 Å². The molecule has 1 unspecified atom stereocenters. The number of nitrogens with one attached hydrogen (secondary N) is 1. The van der Waals surface area contributed by atoms with Gasteiger partial charge >= 0.3 is 0 Å². The Morgan fingerprint density at radius 3 is 1.92 bits per heavy atom. The summed E-state index contributed by atoms with van der Waals surface area (Å²) in [6.45, 7) is 4.98. The van der Waals surface area contributed by atoms with Crippen LogP contribution in [0.15, 0.2) is 0 Å². The Balaban J connectivity index is 4.28. The molecule has 5 nitrogen and oxygen atoms in total. The standard InChI is InChI=1S/C19H42N2O3/c1-5-6-7-8-9-10-13-18(19(22-2,23-3)24-4)14-11-16-21-17-12-15-20/h18,21H,5-17,20H2,1-4H3. The van der Waals surface area contributed by atoms with Gasteiger partial charge in [0.25, 0.3) is 5.97 Å². The lowest BCUT2D eigenvalue weighted by atomic mass is 9.93. The summed E-state index contributed by atoms with van der Waals surface area (Å²) in [5.74, 6) is -0.666. The molecule has 0 bridgehead atoms. The van der Waals surface area contributed by atoms with Crippen LogP contribution in [0.1, 0.15) is 71.1 Å². The van der Waals surface area contributed by atoms with E-state index in [2.05, 4.69) is 12.2 Å². The number of nitrogens with two attached hydrogens (primary N) is 1. The lowest BCUT2D eigenvalue weighted by molar-refractivity contribution is -0.380. The third-order valence-corrected chi connectivity index (χ3v) is 4.72. The Kier molecular flexibility index (Phi) is 16.1. The van der Waals surface area contributed by atoms with E-state index < -0.39 is 5.97 Å². The molecule has 0 rings (SSSR count).